The van der Waals surface area contributed by atoms with Crippen molar-refractivity contribution in [1.29, 1.82) is 0 Å². The second-order valence-corrected chi connectivity index (χ2v) is 4.52. The van der Waals surface area contributed by atoms with Crippen molar-refractivity contribution in [2.45, 2.75) is 12.7 Å². The molecule has 0 atom stereocenters. The second kappa shape index (κ2) is 4.78. The molecule has 2 aromatic rings. The molecular weight excluding hydrogens is 311 g/mol. The molecule has 18 heavy (non-hydrogen) atoms. The van der Waals surface area contributed by atoms with Crippen LogP contribution in [0.25, 0.3) is 11.3 Å². The molecule has 96 valence electrons. The molecular formula is C12H9BrF3NO. The normalized spacial score (nSPS) is 11.8. The Morgan fingerprint density at radius 1 is 1.17 bits per heavy atom. The molecule has 1 heterocycles. The molecule has 0 fully saturated rings. The van der Waals surface area contributed by atoms with Gasteiger partial charge in [0.15, 0.2) is 0 Å². The van der Waals surface area contributed by atoms with Gasteiger partial charge in [-0.15, -0.1) is 0 Å². The molecule has 1 aromatic carbocycles. The average Bonchev–Trinajstić information content (AvgIpc) is 2.76. The van der Waals surface area contributed by atoms with Crippen LogP contribution in [0, 0.1) is 0 Å². The first kappa shape index (κ1) is 13.2. The molecule has 0 radical (unpaired) electrons. The quantitative estimate of drug-likeness (QED) is 0.901. The summed E-state index contributed by atoms with van der Waals surface area (Å²) in [7, 11) is 0. The van der Waals surface area contributed by atoms with Gasteiger partial charge in [-0.05, 0) is 30.3 Å². The van der Waals surface area contributed by atoms with Gasteiger partial charge in [-0.1, -0.05) is 15.9 Å². The number of furan rings is 1. The van der Waals surface area contributed by atoms with Crippen LogP contribution in [0.5, 0.6) is 0 Å². The lowest BCUT2D eigenvalue weighted by Crippen LogP contribution is -2.04. The van der Waals surface area contributed by atoms with Crippen LogP contribution in [0.3, 0.4) is 0 Å². The molecule has 0 spiro atoms. The Morgan fingerprint density at radius 3 is 2.44 bits per heavy atom. The topological polar surface area (TPSA) is 39.2 Å². The first-order valence-electron chi connectivity index (χ1n) is 5.07. The fraction of sp³-hybridized carbons (Fsp3) is 0.167. The molecule has 0 saturated carbocycles. The average molecular weight is 320 g/mol. The van der Waals surface area contributed by atoms with Crippen molar-refractivity contribution in [3.8, 4) is 11.3 Å². The summed E-state index contributed by atoms with van der Waals surface area (Å²) in [4.78, 5) is 0. The fourth-order valence-corrected chi connectivity index (χ4v) is 1.96. The van der Waals surface area contributed by atoms with E-state index >= 15 is 0 Å². The maximum absolute atomic E-state index is 12.6. The van der Waals surface area contributed by atoms with E-state index in [1.807, 2.05) is 0 Å². The van der Waals surface area contributed by atoms with Gasteiger partial charge in [-0.2, -0.15) is 13.2 Å². The Bertz CT molecular complexity index is 563. The van der Waals surface area contributed by atoms with E-state index in [0.717, 1.165) is 12.1 Å². The van der Waals surface area contributed by atoms with Crippen LogP contribution in [-0.4, -0.2) is 0 Å². The van der Waals surface area contributed by atoms with Gasteiger partial charge >= 0.3 is 6.18 Å². The van der Waals surface area contributed by atoms with Crippen molar-refractivity contribution >= 4 is 15.9 Å². The zero-order chi connectivity index (χ0) is 13.3. The largest absolute Gasteiger partial charge is 0.460 e. The van der Waals surface area contributed by atoms with E-state index in [0.29, 0.717) is 21.6 Å². The molecule has 2 nitrogen and oxygen atoms in total. The maximum Gasteiger partial charge on any atom is 0.416 e. The van der Waals surface area contributed by atoms with Gasteiger partial charge in [0.2, 0.25) is 0 Å². The number of halogens is 4. The van der Waals surface area contributed by atoms with Crippen molar-refractivity contribution in [2.75, 3.05) is 0 Å². The van der Waals surface area contributed by atoms with E-state index in [-0.39, 0.29) is 6.54 Å². The summed E-state index contributed by atoms with van der Waals surface area (Å²) in [6, 6.07) is 6.65. The third-order valence-corrected chi connectivity index (χ3v) is 3.11. The summed E-state index contributed by atoms with van der Waals surface area (Å²) in [5.41, 5.74) is 5.03. The Balaban J connectivity index is 2.49. The van der Waals surface area contributed by atoms with Crippen LogP contribution >= 0.6 is 15.9 Å². The summed E-state index contributed by atoms with van der Waals surface area (Å²) >= 11 is 3.21. The van der Waals surface area contributed by atoms with Gasteiger partial charge in [0.1, 0.15) is 11.5 Å². The molecule has 0 aliphatic carbocycles. The predicted octanol–water partition coefficient (Wildman–Crippen LogP) is 4.19. The third-order valence-electron chi connectivity index (χ3n) is 2.42. The van der Waals surface area contributed by atoms with Crippen molar-refractivity contribution < 1.29 is 17.6 Å². The molecule has 2 N–H and O–H groups in total. The van der Waals surface area contributed by atoms with Gasteiger partial charge in [0, 0.05) is 10.0 Å². The molecule has 0 amide bonds. The Hall–Kier alpha value is -1.27. The number of nitrogens with two attached hydrogens (primary N) is 1. The minimum atomic E-state index is -4.38. The Morgan fingerprint density at radius 2 is 1.89 bits per heavy atom. The van der Waals surface area contributed by atoms with Gasteiger partial charge in [-0.25, -0.2) is 0 Å². The van der Waals surface area contributed by atoms with Gasteiger partial charge in [0.05, 0.1) is 12.1 Å². The van der Waals surface area contributed by atoms with Crippen LogP contribution in [0.2, 0.25) is 0 Å². The van der Waals surface area contributed by atoms with Crippen LogP contribution < -0.4 is 5.73 Å². The summed E-state index contributed by atoms with van der Waals surface area (Å²) in [5.74, 6) is 0.878. The fourth-order valence-electron chi connectivity index (χ4n) is 1.52. The highest BCUT2D eigenvalue weighted by Crippen LogP contribution is 2.36. The van der Waals surface area contributed by atoms with Crippen LogP contribution in [-0.2, 0) is 12.7 Å². The van der Waals surface area contributed by atoms with E-state index in [1.54, 1.807) is 12.1 Å². The molecule has 0 unspecified atom stereocenters. The van der Waals surface area contributed by atoms with E-state index in [9.17, 15) is 13.2 Å². The van der Waals surface area contributed by atoms with Gasteiger partial charge in [0.25, 0.3) is 0 Å². The van der Waals surface area contributed by atoms with Crippen molar-refractivity contribution in [3.63, 3.8) is 0 Å². The molecule has 0 bridgehead atoms. The number of hydrogen-bond acceptors (Lipinski definition) is 2. The van der Waals surface area contributed by atoms with Crippen LogP contribution in [0.4, 0.5) is 13.2 Å². The molecule has 2 rings (SSSR count). The summed E-state index contributed by atoms with van der Waals surface area (Å²) in [6.07, 6.45) is -4.38. The highest BCUT2D eigenvalue weighted by molar-refractivity contribution is 9.10. The molecule has 0 saturated heterocycles. The van der Waals surface area contributed by atoms with Crippen molar-refractivity contribution in [3.05, 3.63) is 46.1 Å². The molecule has 0 aliphatic rings. The number of rotatable bonds is 2. The number of alkyl halides is 3. The van der Waals surface area contributed by atoms with Crippen LogP contribution in [0.1, 0.15) is 11.3 Å². The van der Waals surface area contributed by atoms with E-state index < -0.39 is 11.7 Å². The lowest BCUT2D eigenvalue weighted by Gasteiger charge is -2.09. The zero-order valence-corrected chi connectivity index (χ0v) is 10.7. The molecule has 6 heteroatoms. The summed E-state index contributed by atoms with van der Waals surface area (Å²) < 4.78 is 43.7. The van der Waals surface area contributed by atoms with Crippen molar-refractivity contribution in [1.82, 2.24) is 0 Å². The number of hydrogen-bond donors (Lipinski definition) is 1. The van der Waals surface area contributed by atoms with E-state index in [2.05, 4.69) is 15.9 Å². The standard InChI is InChI=1S/C12H9BrF3NO/c13-10-3-1-7(12(14,15)16)5-9(10)11-4-2-8(6-17)18-11/h1-5H,6,17H2. The highest BCUT2D eigenvalue weighted by atomic mass is 79.9. The van der Waals surface area contributed by atoms with Crippen molar-refractivity contribution in [2.24, 2.45) is 5.73 Å². The van der Waals surface area contributed by atoms with Crippen LogP contribution in [0.15, 0.2) is 39.2 Å². The van der Waals surface area contributed by atoms with E-state index in [4.69, 9.17) is 10.2 Å². The Labute approximate surface area is 110 Å². The van der Waals surface area contributed by atoms with E-state index in [1.165, 1.54) is 6.07 Å². The SMILES string of the molecule is NCc1ccc(-c2cc(C(F)(F)F)ccc2Br)o1. The summed E-state index contributed by atoms with van der Waals surface area (Å²) in [5, 5.41) is 0. The lowest BCUT2D eigenvalue weighted by molar-refractivity contribution is -0.137. The minimum absolute atomic E-state index is 0.205. The lowest BCUT2D eigenvalue weighted by atomic mass is 10.1. The minimum Gasteiger partial charge on any atom is -0.460 e. The highest BCUT2D eigenvalue weighted by Gasteiger charge is 2.31. The summed E-state index contributed by atoms with van der Waals surface area (Å²) in [6.45, 7) is 0.205. The second-order valence-electron chi connectivity index (χ2n) is 3.66. The Kier molecular flexibility index (Phi) is 3.49. The van der Waals surface area contributed by atoms with Gasteiger partial charge in [-0.3, -0.25) is 0 Å². The molecule has 0 aliphatic heterocycles. The maximum atomic E-state index is 12.6. The molecule has 1 aromatic heterocycles. The monoisotopic (exact) mass is 319 g/mol. The van der Waals surface area contributed by atoms with Gasteiger partial charge < -0.3 is 10.2 Å². The number of benzene rings is 1. The predicted molar refractivity (Wildman–Crippen MR) is 64.7 cm³/mol. The first-order valence-corrected chi connectivity index (χ1v) is 5.87. The smallest absolute Gasteiger partial charge is 0.416 e. The third kappa shape index (κ3) is 2.59. The zero-order valence-electron chi connectivity index (χ0n) is 9.09. The first-order chi connectivity index (χ1) is 8.41.